The minimum atomic E-state index is 0.645. The molecule has 0 spiro atoms. The predicted molar refractivity (Wildman–Crippen MR) is 218 cm³/mol. The molecule has 3 heterocycles. The number of hydrogen-bond acceptors (Lipinski definition) is 5. The summed E-state index contributed by atoms with van der Waals surface area (Å²) in [7, 11) is 0. The van der Waals surface area contributed by atoms with Gasteiger partial charge in [0.05, 0.1) is 17.1 Å². The van der Waals surface area contributed by atoms with Gasteiger partial charge in [0, 0.05) is 32.8 Å². The van der Waals surface area contributed by atoms with E-state index in [4.69, 9.17) is 24.6 Å². The molecule has 0 saturated carbocycles. The third kappa shape index (κ3) is 4.96. The lowest BCUT2D eigenvalue weighted by Gasteiger charge is -2.12. The maximum atomic E-state index is 6.50. The largest absolute Gasteiger partial charge is 0.455 e. The van der Waals surface area contributed by atoms with Crippen LogP contribution >= 0.6 is 0 Å². The molecule has 0 bridgehead atoms. The molecule has 6 nitrogen and oxygen atoms in total. The SMILES string of the molecule is c1ccc(-c2cccc(-c3nc(-c4ccc5c(ccc6ccc7nn(-c8ccccc8)nc7c65)c4)cc(-c4cccc5c4oc4ccccc45)n3)c2)cc1. The first kappa shape index (κ1) is 30.2. The Labute approximate surface area is 309 Å². The van der Waals surface area contributed by atoms with E-state index >= 15 is 0 Å². The Morgan fingerprint density at radius 3 is 2.07 bits per heavy atom. The van der Waals surface area contributed by atoms with Crippen molar-refractivity contribution < 1.29 is 4.42 Å². The Morgan fingerprint density at radius 1 is 0.444 bits per heavy atom. The van der Waals surface area contributed by atoms with Crippen LogP contribution < -0.4 is 0 Å². The summed E-state index contributed by atoms with van der Waals surface area (Å²) in [6.07, 6.45) is 0. The zero-order chi connectivity index (χ0) is 35.6. The summed E-state index contributed by atoms with van der Waals surface area (Å²) in [5, 5.41) is 16.3. The van der Waals surface area contributed by atoms with Gasteiger partial charge in [0.2, 0.25) is 0 Å². The molecule has 0 aliphatic carbocycles. The Morgan fingerprint density at radius 2 is 1.17 bits per heavy atom. The highest BCUT2D eigenvalue weighted by atomic mass is 16.3. The number of aromatic nitrogens is 5. The van der Waals surface area contributed by atoms with Crippen LogP contribution in [0.15, 0.2) is 180 Å². The van der Waals surface area contributed by atoms with Crippen molar-refractivity contribution in [3.05, 3.63) is 176 Å². The molecule has 0 N–H and O–H groups in total. The summed E-state index contributed by atoms with van der Waals surface area (Å²) < 4.78 is 6.50. The molecule has 8 aromatic carbocycles. The van der Waals surface area contributed by atoms with Gasteiger partial charge in [-0.3, -0.25) is 0 Å². The highest BCUT2D eigenvalue weighted by Crippen LogP contribution is 2.38. The molecule has 11 aromatic rings. The minimum Gasteiger partial charge on any atom is -0.455 e. The van der Waals surface area contributed by atoms with E-state index in [1.54, 1.807) is 4.80 Å². The summed E-state index contributed by atoms with van der Waals surface area (Å²) in [5.74, 6) is 0.645. The van der Waals surface area contributed by atoms with Gasteiger partial charge >= 0.3 is 0 Å². The van der Waals surface area contributed by atoms with Crippen molar-refractivity contribution in [1.29, 1.82) is 0 Å². The lowest BCUT2D eigenvalue weighted by molar-refractivity contribution is 0.670. The zero-order valence-electron chi connectivity index (χ0n) is 28.9. The van der Waals surface area contributed by atoms with Crippen molar-refractivity contribution in [3.63, 3.8) is 0 Å². The average molecular weight is 692 g/mol. The standard InChI is InChI=1S/C48H29N5O/c1-3-11-30(12-4-1)32-13-9-14-35(27-32)48-49-42(29-43(50-48)40-19-10-18-39-38-17-7-8-20-44(38)54-47(39)40)34-23-25-37-33(28-34)22-21-31-24-26-41-46(45(31)37)52-53(51-41)36-15-5-2-6-16-36/h1-29H. The van der Waals surface area contributed by atoms with Crippen molar-refractivity contribution in [3.8, 4) is 50.7 Å². The molecule has 0 aliphatic rings. The quantitative estimate of drug-likeness (QED) is 0.168. The van der Waals surface area contributed by atoms with Gasteiger partial charge in [-0.05, 0) is 75.8 Å². The molecule has 3 aromatic heterocycles. The van der Waals surface area contributed by atoms with Gasteiger partial charge in [-0.25, -0.2) is 9.97 Å². The summed E-state index contributed by atoms with van der Waals surface area (Å²) >= 11 is 0. The van der Waals surface area contributed by atoms with Crippen molar-refractivity contribution >= 4 is 54.5 Å². The number of rotatable bonds is 5. The van der Waals surface area contributed by atoms with Crippen molar-refractivity contribution in [2.45, 2.75) is 0 Å². The maximum absolute atomic E-state index is 6.50. The van der Waals surface area contributed by atoms with Gasteiger partial charge in [-0.1, -0.05) is 127 Å². The second-order valence-corrected chi connectivity index (χ2v) is 13.5. The number of nitrogens with zero attached hydrogens (tertiary/aromatic N) is 5. The number of hydrogen-bond donors (Lipinski definition) is 0. The summed E-state index contributed by atoms with van der Waals surface area (Å²) in [6, 6.07) is 60.5. The first-order chi connectivity index (χ1) is 26.7. The first-order valence-electron chi connectivity index (χ1n) is 18.0. The van der Waals surface area contributed by atoms with E-state index in [-0.39, 0.29) is 0 Å². The Balaban J connectivity index is 1.11. The lowest BCUT2D eigenvalue weighted by atomic mass is 9.97. The molecule has 252 valence electrons. The molecule has 6 heteroatoms. The van der Waals surface area contributed by atoms with Gasteiger partial charge in [0.1, 0.15) is 22.2 Å². The molecular formula is C48H29N5O. The summed E-state index contributed by atoms with van der Waals surface area (Å²) in [6.45, 7) is 0. The number of furan rings is 1. The number of benzene rings is 8. The van der Waals surface area contributed by atoms with Crippen LogP contribution in [0.5, 0.6) is 0 Å². The topological polar surface area (TPSA) is 69.6 Å². The van der Waals surface area contributed by atoms with Crippen LogP contribution in [0.4, 0.5) is 0 Å². The van der Waals surface area contributed by atoms with Crippen LogP contribution in [0.25, 0.3) is 105 Å². The monoisotopic (exact) mass is 691 g/mol. The average Bonchev–Trinajstić information content (AvgIpc) is 3.86. The Bertz CT molecular complexity index is 3220. The number of para-hydroxylation sites is 3. The normalized spacial score (nSPS) is 11.7. The molecule has 0 atom stereocenters. The highest BCUT2D eigenvalue weighted by molar-refractivity contribution is 6.18. The molecule has 11 rings (SSSR count). The van der Waals surface area contributed by atoms with Crippen LogP contribution in [0.1, 0.15) is 0 Å². The van der Waals surface area contributed by atoms with E-state index in [9.17, 15) is 0 Å². The van der Waals surface area contributed by atoms with Crippen LogP contribution in [0.3, 0.4) is 0 Å². The Kier molecular flexibility index (Phi) is 6.75. The molecule has 0 fully saturated rings. The fourth-order valence-corrected chi connectivity index (χ4v) is 7.64. The molecule has 0 aliphatic heterocycles. The molecular weight excluding hydrogens is 663 g/mol. The second-order valence-electron chi connectivity index (χ2n) is 13.5. The van der Waals surface area contributed by atoms with Gasteiger partial charge in [0.15, 0.2) is 5.82 Å². The summed E-state index contributed by atoms with van der Waals surface area (Å²) in [5.41, 5.74) is 11.0. The van der Waals surface area contributed by atoms with Gasteiger partial charge < -0.3 is 4.42 Å². The minimum absolute atomic E-state index is 0.645. The van der Waals surface area contributed by atoms with Crippen LogP contribution in [-0.2, 0) is 0 Å². The van der Waals surface area contributed by atoms with Gasteiger partial charge in [0.25, 0.3) is 0 Å². The van der Waals surface area contributed by atoms with Crippen LogP contribution in [0.2, 0.25) is 0 Å². The molecule has 0 radical (unpaired) electrons. The van der Waals surface area contributed by atoms with E-state index in [2.05, 4.69) is 115 Å². The van der Waals surface area contributed by atoms with Crippen LogP contribution in [-0.4, -0.2) is 25.0 Å². The lowest BCUT2D eigenvalue weighted by Crippen LogP contribution is -1.97. The van der Waals surface area contributed by atoms with Gasteiger partial charge in [-0.15, -0.1) is 10.2 Å². The highest BCUT2D eigenvalue weighted by Gasteiger charge is 2.18. The molecule has 0 amide bonds. The third-order valence-corrected chi connectivity index (χ3v) is 10.3. The maximum Gasteiger partial charge on any atom is 0.160 e. The van der Waals surface area contributed by atoms with Crippen molar-refractivity contribution in [2.75, 3.05) is 0 Å². The van der Waals surface area contributed by atoms with E-state index in [0.29, 0.717) is 5.82 Å². The fraction of sp³-hybridized carbons (Fsp3) is 0. The fourth-order valence-electron chi connectivity index (χ4n) is 7.64. The second kappa shape index (κ2) is 12.1. The number of fused-ring (bicyclic) bond motifs is 8. The van der Waals surface area contributed by atoms with E-state index in [0.717, 1.165) is 99.4 Å². The van der Waals surface area contributed by atoms with E-state index in [1.165, 1.54) is 0 Å². The third-order valence-electron chi connectivity index (χ3n) is 10.3. The zero-order valence-corrected chi connectivity index (χ0v) is 28.9. The molecule has 54 heavy (non-hydrogen) atoms. The molecule has 0 unspecified atom stereocenters. The van der Waals surface area contributed by atoms with E-state index < -0.39 is 0 Å². The predicted octanol–water partition coefficient (Wildman–Crippen LogP) is 12.1. The van der Waals surface area contributed by atoms with Crippen LogP contribution in [0, 0.1) is 0 Å². The Hall–Kier alpha value is -7.44. The van der Waals surface area contributed by atoms with Crippen molar-refractivity contribution in [1.82, 2.24) is 25.0 Å². The van der Waals surface area contributed by atoms with Gasteiger partial charge in [-0.2, -0.15) is 4.80 Å². The first-order valence-corrected chi connectivity index (χ1v) is 18.0. The smallest absolute Gasteiger partial charge is 0.160 e. The molecule has 0 saturated heterocycles. The summed E-state index contributed by atoms with van der Waals surface area (Å²) in [4.78, 5) is 12.2. The van der Waals surface area contributed by atoms with E-state index in [1.807, 2.05) is 60.7 Å². The van der Waals surface area contributed by atoms with Crippen molar-refractivity contribution in [2.24, 2.45) is 0 Å².